The Hall–Kier alpha value is -1.95. The van der Waals surface area contributed by atoms with Crippen molar-refractivity contribution in [3.8, 4) is 11.6 Å². The van der Waals surface area contributed by atoms with Crippen LogP contribution in [0.2, 0.25) is 0 Å². The van der Waals surface area contributed by atoms with Crippen LogP contribution in [0.5, 0.6) is 11.6 Å². The summed E-state index contributed by atoms with van der Waals surface area (Å²) >= 11 is 0. The average Bonchev–Trinajstić information content (AvgIpc) is 2.65. The molecule has 6 nitrogen and oxygen atoms in total. The van der Waals surface area contributed by atoms with E-state index in [2.05, 4.69) is 15.3 Å². The minimum Gasteiger partial charge on any atom is -0.434 e. The number of rotatable bonds is 3. The Balaban J connectivity index is 2.11. The van der Waals surface area contributed by atoms with Gasteiger partial charge in [-0.3, -0.25) is 4.68 Å². The molecule has 0 radical (unpaired) electrons. The number of nitrogens with two attached hydrogens (primary N) is 1. The molecule has 0 fully saturated rings. The van der Waals surface area contributed by atoms with Crippen LogP contribution in [0, 0.1) is 0 Å². The van der Waals surface area contributed by atoms with Gasteiger partial charge in [-0.15, -0.1) is 5.10 Å². The van der Waals surface area contributed by atoms with E-state index in [0.29, 0.717) is 18.2 Å². The quantitative estimate of drug-likeness (QED) is 0.787. The molecule has 0 amide bonds. The summed E-state index contributed by atoms with van der Waals surface area (Å²) in [6.45, 7) is 0.375. The van der Waals surface area contributed by atoms with Gasteiger partial charge in [0.15, 0.2) is 5.75 Å². The predicted octanol–water partition coefficient (Wildman–Crippen LogP) is 0.461. The average molecular weight is 205 g/mol. The molecule has 15 heavy (non-hydrogen) atoms. The molecule has 2 aromatic heterocycles. The van der Waals surface area contributed by atoms with Crippen LogP contribution in [-0.4, -0.2) is 20.0 Å². The number of aromatic nitrogens is 4. The first-order valence-electron chi connectivity index (χ1n) is 4.47. The van der Waals surface area contributed by atoms with E-state index in [1.807, 2.05) is 7.05 Å². The smallest absolute Gasteiger partial charge is 0.239 e. The number of hydrogen-bond donors (Lipinski definition) is 1. The zero-order chi connectivity index (χ0) is 10.7. The van der Waals surface area contributed by atoms with Crippen LogP contribution in [0.25, 0.3) is 0 Å². The maximum atomic E-state index is 5.40. The van der Waals surface area contributed by atoms with Gasteiger partial charge >= 0.3 is 0 Å². The highest BCUT2D eigenvalue weighted by Crippen LogP contribution is 2.16. The molecule has 0 aliphatic rings. The van der Waals surface area contributed by atoms with Crippen molar-refractivity contribution in [2.75, 3.05) is 0 Å². The van der Waals surface area contributed by atoms with Gasteiger partial charge in [-0.2, -0.15) is 10.2 Å². The van der Waals surface area contributed by atoms with E-state index >= 15 is 0 Å². The zero-order valence-electron chi connectivity index (χ0n) is 8.29. The van der Waals surface area contributed by atoms with E-state index in [-0.39, 0.29) is 0 Å². The third-order valence-electron chi connectivity index (χ3n) is 1.81. The molecule has 0 unspecified atom stereocenters. The lowest BCUT2D eigenvalue weighted by Gasteiger charge is -2.00. The van der Waals surface area contributed by atoms with Gasteiger partial charge in [0.2, 0.25) is 5.88 Å². The maximum absolute atomic E-state index is 5.40. The number of ether oxygens (including phenoxy) is 1. The van der Waals surface area contributed by atoms with E-state index in [0.717, 1.165) is 5.69 Å². The molecule has 78 valence electrons. The van der Waals surface area contributed by atoms with Crippen molar-refractivity contribution in [2.45, 2.75) is 6.54 Å². The second kappa shape index (κ2) is 4.05. The molecule has 2 N–H and O–H groups in total. The Morgan fingerprint density at radius 3 is 2.80 bits per heavy atom. The largest absolute Gasteiger partial charge is 0.434 e. The minimum atomic E-state index is 0.375. The Bertz CT molecular complexity index is 436. The molecule has 0 aliphatic heterocycles. The fourth-order valence-corrected chi connectivity index (χ4v) is 1.08. The molecule has 0 saturated carbocycles. The van der Waals surface area contributed by atoms with E-state index in [1.54, 1.807) is 29.2 Å². The van der Waals surface area contributed by atoms with Crippen LogP contribution < -0.4 is 10.5 Å². The lowest BCUT2D eigenvalue weighted by atomic mass is 10.4. The summed E-state index contributed by atoms with van der Waals surface area (Å²) in [6, 6.07) is 3.50. The predicted molar refractivity (Wildman–Crippen MR) is 53.2 cm³/mol. The van der Waals surface area contributed by atoms with Crippen molar-refractivity contribution in [2.24, 2.45) is 12.8 Å². The van der Waals surface area contributed by atoms with Gasteiger partial charge in [-0.05, 0) is 6.07 Å². The van der Waals surface area contributed by atoms with E-state index in [9.17, 15) is 0 Å². The van der Waals surface area contributed by atoms with Gasteiger partial charge in [-0.1, -0.05) is 0 Å². The Morgan fingerprint density at radius 1 is 1.40 bits per heavy atom. The fourth-order valence-electron chi connectivity index (χ4n) is 1.08. The number of nitrogens with zero attached hydrogens (tertiary/aromatic N) is 4. The lowest BCUT2D eigenvalue weighted by Crippen LogP contribution is -2.01. The second-order valence-electron chi connectivity index (χ2n) is 3.02. The molecule has 0 saturated heterocycles. The van der Waals surface area contributed by atoms with Crippen molar-refractivity contribution >= 4 is 0 Å². The van der Waals surface area contributed by atoms with Crippen molar-refractivity contribution in [3.05, 3.63) is 30.2 Å². The minimum absolute atomic E-state index is 0.375. The molecule has 0 atom stereocenters. The van der Waals surface area contributed by atoms with Crippen molar-refractivity contribution in [1.82, 2.24) is 20.0 Å². The van der Waals surface area contributed by atoms with Crippen LogP contribution >= 0.6 is 0 Å². The molecule has 0 bridgehead atoms. The van der Waals surface area contributed by atoms with Crippen LogP contribution in [0.3, 0.4) is 0 Å². The van der Waals surface area contributed by atoms with Crippen LogP contribution in [0.1, 0.15) is 5.69 Å². The van der Waals surface area contributed by atoms with Crippen LogP contribution in [-0.2, 0) is 13.6 Å². The summed E-state index contributed by atoms with van der Waals surface area (Å²) in [5.41, 5.74) is 6.13. The van der Waals surface area contributed by atoms with Gasteiger partial charge in [0, 0.05) is 19.7 Å². The molecule has 0 spiro atoms. The van der Waals surface area contributed by atoms with Crippen LogP contribution in [0.4, 0.5) is 0 Å². The summed E-state index contributed by atoms with van der Waals surface area (Å²) in [5, 5.41) is 11.7. The number of hydrogen-bond acceptors (Lipinski definition) is 5. The Morgan fingerprint density at radius 2 is 2.27 bits per heavy atom. The molecule has 6 heteroatoms. The third kappa shape index (κ3) is 2.29. The SMILES string of the molecule is Cn1cc(Oc2ccc(CN)nn2)cn1. The van der Waals surface area contributed by atoms with Crippen molar-refractivity contribution in [1.29, 1.82) is 0 Å². The van der Waals surface area contributed by atoms with Gasteiger partial charge in [0.05, 0.1) is 18.1 Å². The van der Waals surface area contributed by atoms with E-state index in [1.165, 1.54) is 0 Å². The highest BCUT2D eigenvalue weighted by atomic mass is 16.5. The normalized spacial score (nSPS) is 10.3. The highest BCUT2D eigenvalue weighted by molar-refractivity contribution is 5.21. The Kier molecular flexibility index (Phi) is 2.59. The third-order valence-corrected chi connectivity index (χ3v) is 1.81. The second-order valence-corrected chi connectivity index (χ2v) is 3.02. The first-order valence-corrected chi connectivity index (χ1v) is 4.47. The summed E-state index contributed by atoms with van der Waals surface area (Å²) in [6.07, 6.45) is 3.36. The summed E-state index contributed by atoms with van der Waals surface area (Å²) in [4.78, 5) is 0. The molecule has 0 aromatic carbocycles. The molecular weight excluding hydrogens is 194 g/mol. The topological polar surface area (TPSA) is 78.9 Å². The zero-order valence-corrected chi connectivity index (χ0v) is 8.29. The molecule has 2 heterocycles. The van der Waals surface area contributed by atoms with E-state index in [4.69, 9.17) is 10.5 Å². The molecular formula is C9H11N5O. The van der Waals surface area contributed by atoms with Crippen molar-refractivity contribution < 1.29 is 4.74 Å². The Labute approximate surface area is 86.7 Å². The van der Waals surface area contributed by atoms with Gasteiger partial charge in [0.1, 0.15) is 0 Å². The first kappa shape index (κ1) is 9.60. The standard InChI is InChI=1S/C9H11N5O/c1-14-6-8(5-11-14)15-9-3-2-7(4-10)12-13-9/h2-3,5-6H,4,10H2,1H3. The molecule has 2 aromatic rings. The van der Waals surface area contributed by atoms with Gasteiger partial charge in [0.25, 0.3) is 0 Å². The first-order chi connectivity index (χ1) is 7.28. The summed E-state index contributed by atoms with van der Waals surface area (Å²) in [5.74, 6) is 1.06. The van der Waals surface area contributed by atoms with E-state index < -0.39 is 0 Å². The highest BCUT2D eigenvalue weighted by Gasteiger charge is 2.01. The summed E-state index contributed by atoms with van der Waals surface area (Å²) in [7, 11) is 1.82. The maximum Gasteiger partial charge on any atom is 0.239 e. The van der Waals surface area contributed by atoms with Crippen LogP contribution in [0.15, 0.2) is 24.5 Å². The molecule has 2 rings (SSSR count). The fraction of sp³-hybridized carbons (Fsp3) is 0.222. The molecule has 0 aliphatic carbocycles. The lowest BCUT2D eigenvalue weighted by molar-refractivity contribution is 0.453. The monoisotopic (exact) mass is 205 g/mol. The summed E-state index contributed by atoms with van der Waals surface area (Å²) < 4.78 is 7.05. The van der Waals surface area contributed by atoms with Gasteiger partial charge < -0.3 is 10.5 Å². The van der Waals surface area contributed by atoms with Crippen molar-refractivity contribution in [3.63, 3.8) is 0 Å². The number of aryl methyl sites for hydroxylation is 1. The van der Waals surface area contributed by atoms with Gasteiger partial charge in [-0.25, -0.2) is 0 Å².